The van der Waals surface area contributed by atoms with E-state index in [1.165, 1.54) is 21.0 Å². The summed E-state index contributed by atoms with van der Waals surface area (Å²) < 4.78 is 116. The molecule has 0 radical (unpaired) electrons. The molecule has 10 heteroatoms. The Kier molecular flexibility index (Phi) is 6.38. The van der Waals surface area contributed by atoms with E-state index in [1.807, 2.05) is 0 Å². The van der Waals surface area contributed by atoms with Crippen LogP contribution in [0.3, 0.4) is 0 Å². The minimum atomic E-state index is -5.87. The van der Waals surface area contributed by atoms with Crippen molar-refractivity contribution < 1.29 is 44.9 Å². The maximum absolute atomic E-state index is 17.0. The fourth-order valence-electron chi connectivity index (χ4n) is 8.52. The topological polar surface area (TPSA) is 27.7 Å². The zero-order valence-electron chi connectivity index (χ0n) is 20.2. The van der Waals surface area contributed by atoms with E-state index in [9.17, 15) is 26.3 Å². The largest absolute Gasteiger partial charge is 0.426 e. The first-order valence-electron chi connectivity index (χ1n) is 12.1. The van der Waals surface area contributed by atoms with Gasteiger partial charge in [0.1, 0.15) is 12.5 Å². The molecule has 0 N–H and O–H groups in total. The molecule has 4 aliphatic rings. The van der Waals surface area contributed by atoms with Crippen LogP contribution in [-0.4, -0.2) is 50.7 Å². The molecule has 0 aromatic heterocycles. The zero-order chi connectivity index (χ0) is 25.5. The van der Waals surface area contributed by atoms with Gasteiger partial charge in [-0.1, -0.05) is 27.7 Å². The van der Waals surface area contributed by atoms with Crippen LogP contribution in [0.2, 0.25) is 0 Å². The third-order valence-corrected chi connectivity index (χ3v) is 10.4. The Morgan fingerprint density at radius 2 is 1.35 bits per heavy atom. The Balaban J connectivity index is 1.68. The first-order valence-corrected chi connectivity index (χ1v) is 12.1. The predicted molar refractivity (Wildman–Crippen MR) is 109 cm³/mol. The number of rotatable bonds is 8. The van der Waals surface area contributed by atoms with Gasteiger partial charge in [0.05, 0.1) is 13.2 Å². The summed E-state index contributed by atoms with van der Waals surface area (Å²) in [6.45, 7) is 5.74. The van der Waals surface area contributed by atoms with Gasteiger partial charge in [-0.15, -0.1) is 0 Å². The van der Waals surface area contributed by atoms with E-state index in [2.05, 4.69) is 23.3 Å². The van der Waals surface area contributed by atoms with Gasteiger partial charge >= 0.3 is 12.4 Å². The van der Waals surface area contributed by atoms with Crippen molar-refractivity contribution in [1.82, 2.24) is 0 Å². The number of hydrogen-bond acceptors (Lipinski definition) is 3. The SMILES string of the molecule is COCCOCOC(CC1(F)C2CC(C3C4CC(C(C)C4C)C32)C1(C)C)(C(F)(F)F)C(F)(F)F. The molecule has 0 heterocycles. The molecule has 9 unspecified atom stereocenters. The van der Waals surface area contributed by atoms with Crippen molar-refractivity contribution >= 4 is 0 Å². The van der Waals surface area contributed by atoms with Crippen LogP contribution >= 0.6 is 0 Å². The standard InChI is InChI=1S/C24H35F7O3/c1-12-13(2)15-8-14(12)18-16-9-17(19(15)18)21(25,20(16,3)4)10-22(23(26,27)28,24(29,30)31)34-11-33-7-6-32-5/h12-19H,6-11H2,1-5H3. The van der Waals surface area contributed by atoms with Gasteiger partial charge in [-0.05, 0) is 60.2 Å². The highest BCUT2D eigenvalue weighted by atomic mass is 19.4. The van der Waals surface area contributed by atoms with E-state index in [4.69, 9.17) is 4.74 Å². The minimum Gasteiger partial charge on any atom is -0.382 e. The highest BCUT2D eigenvalue weighted by Gasteiger charge is 2.82. The molecule has 0 spiro atoms. The molecule has 4 rings (SSSR count). The molecular formula is C24H35F7O3. The van der Waals surface area contributed by atoms with Gasteiger partial charge < -0.3 is 14.2 Å². The summed E-state index contributed by atoms with van der Waals surface area (Å²) in [5.41, 5.74) is -8.67. The fraction of sp³-hybridized carbons (Fsp3) is 1.00. The van der Waals surface area contributed by atoms with E-state index in [0.717, 1.165) is 6.42 Å². The van der Waals surface area contributed by atoms with Gasteiger partial charge in [0, 0.05) is 18.9 Å². The van der Waals surface area contributed by atoms with Gasteiger partial charge in [0.2, 0.25) is 0 Å². The Bertz CT molecular complexity index is 753. The number of methoxy groups -OCH3 is 1. The lowest BCUT2D eigenvalue weighted by Gasteiger charge is -2.55. The van der Waals surface area contributed by atoms with Gasteiger partial charge in [-0.3, -0.25) is 0 Å². The molecule has 0 aromatic carbocycles. The molecule has 34 heavy (non-hydrogen) atoms. The average Bonchev–Trinajstić information content (AvgIpc) is 3.39. The lowest BCUT2D eigenvalue weighted by Crippen LogP contribution is -2.66. The van der Waals surface area contributed by atoms with E-state index in [0.29, 0.717) is 24.2 Å². The van der Waals surface area contributed by atoms with E-state index < -0.39 is 48.2 Å². The van der Waals surface area contributed by atoms with Crippen molar-refractivity contribution in [1.29, 1.82) is 0 Å². The highest BCUT2D eigenvalue weighted by molar-refractivity contribution is 5.25. The van der Waals surface area contributed by atoms with Crippen LogP contribution in [0, 0.1) is 52.8 Å². The predicted octanol–water partition coefficient (Wildman–Crippen LogP) is 6.42. The van der Waals surface area contributed by atoms with Crippen LogP contribution in [0.4, 0.5) is 30.7 Å². The molecule has 0 aliphatic heterocycles. The van der Waals surface area contributed by atoms with Crippen molar-refractivity contribution in [2.45, 2.75) is 70.6 Å². The maximum atomic E-state index is 17.0. The molecular weight excluding hydrogens is 469 g/mol. The van der Waals surface area contributed by atoms with Crippen molar-refractivity contribution in [3.8, 4) is 0 Å². The van der Waals surface area contributed by atoms with Gasteiger partial charge in [0.15, 0.2) is 0 Å². The third-order valence-electron chi connectivity index (χ3n) is 10.4. The summed E-state index contributed by atoms with van der Waals surface area (Å²) in [6.07, 6.45) is -12.3. The molecule has 9 atom stereocenters. The number of alkyl halides is 7. The summed E-state index contributed by atoms with van der Waals surface area (Å²) in [6, 6.07) is 0. The number of halogens is 7. The van der Waals surface area contributed by atoms with Gasteiger partial charge in [-0.2, -0.15) is 26.3 Å². The van der Waals surface area contributed by atoms with E-state index >= 15 is 4.39 Å². The second-order valence-electron chi connectivity index (χ2n) is 11.6. The van der Waals surface area contributed by atoms with Gasteiger partial charge in [0.25, 0.3) is 5.60 Å². The first kappa shape index (κ1) is 26.5. The number of hydrogen-bond donors (Lipinski definition) is 0. The van der Waals surface area contributed by atoms with Crippen LogP contribution in [0.15, 0.2) is 0 Å². The zero-order valence-corrected chi connectivity index (χ0v) is 20.2. The molecule has 0 aromatic rings. The quantitative estimate of drug-likeness (QED) is 0.165. The smallest absolute Gasteiger partial charge is 0.382 e. The summed E-state index contributed by atoms with van der Waals surface area (Å²) >= 11 is 0. The summed E-state index contributed by atoms with van der Waals surface area (Å²) in [4.78, 5) is 0. The molecule has 4 fully saturated rings. The molecule has 0 saturated heterocycles. The van der Waals surface area contributed by atoms with Crippen molar-refractivity contribution in [3.05, 3.63) is 0 Å². The second kappa shape index (κ2) is 8.20. The van der Waals surface area contributed by atoms with E-state index in [-0.39, 0.29) is 36.9 Å². The van der Waals surface area contributed by atoms with Crippen LogP contribution in [-0.2, 0) is 14.2 Å². The molecule has 3 nitrogen and oxygen atoms in total. The number of ether oxygens (including phenoxy) is 3. The lowest BCUT2D eigenvalue weighted by atomic mass is 9.52. The Morgan fingerprint density at radius 1 is 0.824 bits per heavy atom. The molecule has 198 valence electrons. The summed E-state index contributed by atoms with van der Waals surface area (Å²) in [5, 5.41) is 0. The maximum Gasteiger partial charge on any atom is 0.426 e. The Hall–Kier alpha value is -0.610. The van der Waals surface area contributed by atoms with Crippen molar-refractivity contribution in [2.24, 2.45) is 52.8 Å². The van der Waals surface area contributed by atoms with Crippen LogP contribution < -0.4 is 0 Å². The van der Waals surface area contributed by atoms with Crippen LogP contribution in [0.5, 0.6) is 0 Å². The molecule has 4 aliphatic carbocycles. The van der Waals surface area contributed by atoms with E-state index in [1.54, 1.807) is 0 Å². The number of fused-ring (bicyclic) bond motifs is 9. The Labute approximate surface area is 196 Å². The normalized spacial score (nSPS) is 43.1. The summed E-state index contributed by atoms with van der Waals surface area (Å²) in [7, 11) is 1.31. The van der Waals surface area contributed by atoms with Crippen LogP contribution in [0.25, 0.3) is 0 Å². The molecule has 0 amide bonds. The third kappa shape index (κ3) is 3.40. The van der Waals surface area contributed by atoms with Crippen molar-refractivity contribution in [3.63, 3.8) is 0 Å². The van der Waals surface area contributed by atoms with Crippen LogP contribution in [0.1, 0.15) is 47.0 Å². The first-order chi connectivity index (χ1) is 15.5. The van der Waals surface area contributed by atoms with Gasteiger partial charge in [-0.25, -0.2) is 4.39 Å². The Morgan fingerprint density at radius 3 is 1.85 bits per heavy atom. The lowest BCUT2D eigenvalue weighted by molar-refractivity contribution is -0.405. The highest BCUT2D eigenvalue weighted by Crippen LogP contribution is 2.78. The average molecular weight is 505 g/mol. The fourth-order valence-corrected chi connectivity index (χ4v) is 8.52. The monoisotopic (exact) mass is 504 g/mol. The molecule has 4 saturated carbocycles. The summed E-state index contributed by atoms with van der Waals surface area (Å²) in [5.74, 6) is 0.158. The minimum absolute atomic E-state index is 0.0273. The second-order valence-corrected chi connectivity index (χ2v) is 11.6. The van der Waals surface area contributed by atoms with Crippen molar-refractivity contribution in [2.75, 3.05) is 27.1 Å². The molecule has 4 bridgehead atoms.